The Morgan fingerprint density at radius 3 is 2.66 bits per heavy atom. The molecule has 2 N–H and O–H groups in total. The standard InChI is InChI=1S/C28H33N5O2/c1-8-20(14-30-16(2)3)34-27-19(6)18(5)25-24(22-10-9-11-23(29-7)26(22)32-25)28(33-27)35-21-13-12-17(4)31-15-21/h8-15,18-19,25,29,32H,1H2,2-7H3. The van der Waals surface area contributed by atoms with Crippen molar-refractivity contribution in [3.05, 3.63) is 78.3 Å². The number of hydrogen-bond donors (Lipinski definition) is 2. The molecule has 0 radical (unpaired) electrons. The molecule has 0 amide bonds. The zero-order valence-electron chi connectivity index (χ0n) is 21.2. The number of aliphatic imine (C=N–C) groups is 2. The van der Waals surface area contributed by atoms with Crippen molar-refractivity contribution in [1.29, 1.82) is 0 Å². The molecule has 3 unspecified atom stereocenters. The first kappa shape index (κ1) is 24.3. The topological polar surface area (TPSA) is 80.1 Å². The molecular formula is C28H33N5O2. The molecule has 0 saturated heterocycles. The van der Waals surface area contributed by atoms with Crippen molar-refractivity contribution in [2.24, 2.45) is 21.8 Å². The molecule has 7 heteroatoms. The zero-order chi connectivity index (χ0) is 25.1. The van der Waals surface area contributed by atoms with E-state index in [1.54, 1.807) is 18.5 Å². The largest absolute Gasteiger partial charge is 0.441 e. The molecule has 7 nitrogen and oxygen atoms in total. The quantitative estimate of drug-likeness (QED) is 0.299. The average Bonchev–Trinajstić information content (AvgIpc) is 3.21. The van der Waals surface area contributed by atoms with E-state index in [4.69, 9.17) is 14.5 Å². The Kier molecular flexibility index (Phi) is 7.05. The van der Waals surface area contributed by atoms with Gasteiger partial charge in [-0.05, 0) is 51.0 Å². The number of ether oxygens (including phenoxy) is 2. The van der Waals surface area contributed by atoms with Gasteiger partial charge in [-0.2, -0.15) is 4.99 Å². The number of pyridine rings is 1. The van der Waals surface area contributed by atoms with E-state index in [9.17, 15) is 0 Å². The Labute approximate surface area is 207 Å². The number of hydrogen-bond acceptors (Lipinski definition) is 7. The number of anilines is 2. The molecule has 1 aromatic heterocycles. The molecule has 2 aliphatic rings. The number of benzene rings is 1. The van der Waals surface area contributed by atoms with Gasteiger partial charge in [0.2, 0.25) is 11.8 Å². The summed E-state index contributed by atoms with van der Waals surface area (Å²) in [7, 11) is 1.93. The molecule has 0 bridgehead atoms. The highest BCUT2D eigenvalue weighted by atomic mass is 16.5. The van der Waals surface area contributed by atoms with E-state index in [1.165, 1.54) is 0 Å². The summed E-state index contributed by atoms with van der Waals surface area (Å²) >= 11 is 0. The van der Waals surface area contributed by atoms with Gasteiger partial charge in [0.05, 0.1) is 29.8 Å². The van der Waals surface area contributed by atoms with Gasteiger partial charge in [-0.25, -0.2) is 0 Å². The van der Waals surface area contributed by atoms with Gasteiger partial charge in [0, 0.05) is 35.5 Å². The lowest BCUT2D eigenvalue weighted by atomic mass is 9.85. The van der Waals surface area contributed by atoms with Crippen molar-refractivity contribution in [1.82, 2.24) is 4.98 Å². The monoisotopic (exact) mass is 471 g/mol. The third-order valence-corrected chi connectivity index (χ3v) is 6.35. The predicted molar refractivity (Wildman–Crippen MR) is 144 cm³/mol. The second kappa shape index (κ2) is 10.2. The second-order valence-corrected chi connectivity index (χ2v) is 9.07. The third-order valence-electron chi connectivity index (χ3n) is 6.35. The van der Waals surface area contributed by atoms with Gasteiger partial charge in [-0.3, -0.25) is 9.98 Å². The molecule has 0 fully saturated rings. The Morgan fingerprint density at radius 1 is 1.20 bits per heavy atom. The zero-order valence-corrected chi connectivity index (χ0v) is 21.2. The number of rotatable bonds is 6. The van der Waals surface area contributed by atoms with Gasteiger partial charge >= 0.3 is 0 Å². The van der Waals surface area contributed by atoms with Crippen molar-refractivity contribution in [3.8, 4) is 5.75 Å². The second-order valence-electron chi connectivity index (χ2n) is 9.07. The van der Waals surface area contributed by atoms with Crippen LogP contribution >= 0.6 is 0 Å². The summed E-state index contributed by atoms with van der Waals surface area (Å²) in [4.78, 5) is 13.7. The van der Waals surface area contributed by atoms with Gasteiger partial charge in [0.15, 0.2) is 0 Å². The molecule has 3 atom stereocenters. The summed E-state index contributed by atoms with van der Waals surface area (Å²) in [6, 6.07) is 10.0. The van der Waals surface area contributed by atoms with Crippen molar-refractivity contribution in [3.63, 3.8) is 0 Å². The summed E-state index contributed by atoms with van der Waals surface area (Å²) in [5.74, 6) is 2.33. The summed E-state index contributed by atoms with van der Waals surface area (Å²) < 4.78 is 12.6. The van der Waals surface area contributed by atoms with Crippen LogP contribution in [0, 0.1) is 18.8 Å². The maximum absolute atomic E-state index is 6.39. The van der Waals surface area contributed by atoms with Crippen LogP contribution in [-0.2, 0) is 4.74 Å². The van der Waals surface area contributed by atoms with Crippen LogP contribution < -0.4 is 15.4 Å². The minimum Gasteiger partial charge on any atom is -0.441 e. The maximum Gasteiger partial charge on any atom is 0.228 e. The SMILES string of the molecule is C=CC(=CN=C(C)C)OC1=NC(Oc2ccc(C)nc2)=C2c3cccc(NC)c3NC2C(C)C1C. The molecule has 2 aliphatic heterocycles. The number of nitrogens with zero attached hydrogens (tertiary/aromatic N) is 3. The summed E-state index contributed by atoms with van der Waals surface area (Å²) in [5, 5.41) is 7.02. The smallest absolute Gasteiger partial charge is 0.228 e. The molecule has 1 aromatic carbocycles. The van der Waals surface area contributed by atoms with Gasteiger partial charge in [0.1, 0.15) is 11.5 Å². The number of fused-ring (bicyclic) bond motifs is 3. The lowest BCUT2D eigenvalue weighted by Crippen LogP contribution is -2.32. The van der Waals surface area contributed by atoms with Crippen molar-refractivity contribution in [2.45, 2.75) is 40.7 Å². The van der Waals surface area contributed by atoms with E-state index in [-0.39, 0.29) is 17.9 Å². The molecular weight excluding hydrogens is 438 g/mol. The fourth-order valence-corrected chi connectivity index (χ4v) is 4.21. The maximum atomic E-state index is 6.39. The molecule has 4 rings (SSSR count). The highest BCUT2D eigenvalue weighted by Crippen LogP contribution is 2.47. The molecule has 182 valence electrons. The minimum absolute atomic E-state index is 0.0119. The van der Waals surface area contributed by atoms with E-state index in [0.29, 0.717) is 23.3 Å². The number of aryl methyl sites for hydroxylation is 1. The van der Waals surface area contributed by atoms with Gasteiger partial charge < -0.3 is 20.1 Å². The number of para-hydroxylation sites is 1. The highest BCUT2D eigenvalue weighted by molar-refractivity contribution is 5.96. The highest BCUT2D eigenvalue weighted by Gasteiger charge is 2.41. The van der Waals surface area contributed by atoms with Crippen LogP contribution in [-0.4, -0.2) is 29.7 Å². The molecule has 35 heavy (non-hydrogen) atoms. The van der Waals surface area contributed by atoms with E-state index < -0.39 is 0 Å². The molecule has 0 spiro atoms. The number of allylic oxidation sites excluding steroid dienone is 1. The molecule has 2 aromatic rings. The lowest BCUT2D eigenvalue weighted by Gasteiger charge is -2.26. The van der Waals surface area contributed by atoms with E-state index >= 15 is 0 Å². The van der Waals surface area contributed by atoms with Gasteiger partial charge in [0.25, 0.3) is 0 Å². The lowest BCUT2D eigenvalue weighted by molar-refractivity contribution is 0.351. The third kappa shape index (κ3) is 4.99. The molecule has 0 aliphatic carbocycles. The van der Waals surface area contributed by atoms with Crippen LogP contribution in [0.2, 0.25) is 0 Å². The van der Waals surface area contributed by atoms with Gasteiger partial charge in [-0.1, -0.05) is 32.6 Å². The van der Waals surface area contributed by atoms with E-state index in [1.807, 2.05) is 46.0 Å². The first-order valence-corrected chi connectivity index (χ1v) is 11.8. The Hall–Kier alpha value is -3.87. The fourth-order valence-electron chi connectivity index (χ4n) is 4.21. The predicted octanol–water partition coefficient (Wildman–Crippen LogP) is 6.18. The normalized spacial score (nSPS) is 21.1. The first-order chi connectivity index (χ1) is 16.8. The van der Waals surface area contributed by atoms with Crippen LogP contribution in [0.5, 0.6) is 5.75 Å². The summed E-state index contributed by atoms with van der Waals surface area (Å²) in [6.45, 7) is 14.0. The van der Waals surface area contributed by atoms with Crippen LogP contribution in [0.15, 0.2) is 77.0 Å². The van der Waals surface area contributed by atoms with Gasteiger partial charge in [-0.15, -0.1) is 0 Å². The molecule has 3 heterocycles. The van der Waals surface area contributed by atoms with E-state index in [0.717, 1.165) is 33.9 Å². The Morgan fingerprint density at radius 2 is 2.00 bits per heavy atom. The first-order valence-electron chi connectivity index (χ1n) is 11.8. The summed E-state index contributed by atoms with van der Waals surface area (Å²) in [5.41, 5.74) is 5.99. The van der Waals surface area contributed by atoms with Crippen LogP contribution in [0.4, 0.5) is 11.4 Å². The Bertz CT molecular complexity index is 1240. The fraction of sp³-hybridized carbons (Fsp3) is 0.321. The number of aromatic nitrogens is 1. The van der Waals surface area contributed by atoms with E-state index in [2.05, 4.69) is 53.2 Å². The molecule has 0 saturated carbocycles. The number of nitrogens with one attached hydrogen (secondary N) is 2. The Balaban J connectivity index is 1.87. The van der Waals surface area contributed by atoms with Crippen molar-refractivity contribution in [2.75, 3.05) is 17.7 Å². The van der Waals surface area contributed by atoms with Crippen molar-refractivity contribution < 1.29 is 9.47 Å². The van der Waals surface area contributed by atoms with Crippen LogP contribution in [0.25, 0.3) is 5.57 Å². The summed E-state index contributed by atoms with van der Waals surface area (Å²) in [6.07, 6.45) is 5.02. The minimum atomic E-state index is -0.0141. The average molecular weight is 472 g/mol. The van der Waals surface area contributed by atoms with Crippen molar-refractivity contribution >= 4 is 28.6 Å². The van der Waals surface area contributed by atoms with Crippen LogP contribution in [0.3, 0.4) is 0 Å². The van der Waals surface area contributed by atoms with Crippen LogP contribution in [0.1, 0.15) is 39.0 Å².